The number of methoxy groups -OCH3 is 1. The Morgan fingerprint density at radius 2 is 1.90 bits per heavy atom. The lowest BCUT2D eigenvalue weighted by molar-refractivity contribution is -0.158. The van der Waals surface area contributed by atoms with E-state index in [0.29, 0.717) is 29.1 Å². The van der Waals surface area contributed by atoms with Crippen molar-refractivity contribution in [2.45, 2.75) is 89.1 Å². The van der Waals surface area contributed by atoms with Gasteiger partial charge in [0.1, 0.15) is 40.3 Å². The minimum Gasteiger partial charge on any atom is -0.495 e. The number of halogens is 1. The number of benzene rings is 2. The van der Waals surface area contributed by atoms with Crippen LogP contribution >= 0.6 is 11.6 Å². The fraction of sp³-hybridized carbons (Fsp3) is 0.474. The molecule has 13 nitrogen and oxygen atoms in total. The van der Waals surface area contributed by atoms with Crippen molar-refractivity contribution in [1.82, 2.24) is 10.2 Å². The van der Waals surface area contributed by atoms with Crippen LogP contribution in [0, 0.1) is 5.92 Å². The topological polar surface area (TPSA) is 173 Å². The first-order valence-corrected chi connectivity index (χ1v) is 17.5. The number of fused-ring (bicyclic) bond motifs is 5. The maximum absolute atomic E-state index is 14.1. The molecule has 0 saturated carbocycles. The lowest BCUT2D eigenvalue weighted by Crippen LogP contribution is -2.57. The molecule has 2 saturated heterocycles. The summed E-state index contributed by atoms with van der Waals surface area (Å²) in [5, 5.41) is 14.2. The van der Waals surface area contributed by atoms with E-state index in [0.717, 1.165) is 11.1 Å². The second-order valence-electron chi connectivity index (χ2n) is 14.1. The van der Waals surface area contributed by atoms with Gasteiger partial charge in [-0.05, 0) is 69.2 Å². The van der Waals surface area contributed by atoms with Gasteiger partial charge in [-0.2, -0.15) is 0 Å². The predicted octanol–water partition coefficient (Wildman–Crippen LogP) is 4.79. The van der Waals surface area contributed by atoms with Gasteiger partial charge in [0.15, 0.2) is 0 Å². The molecule has 0 aromatic heterocycles. The molecular formula is C38H47ClN4O9. The van der Waals surface area contributed by atoms with Crippen LogP contribution in [-0.4, -0.2) is 90.8 Å². The van der Waals surface area contributed by atoms with Gasteiger partial charge in [0.05, 0.1) is 25.3 Å². The van der Waals surface area contributed by atoms with E-state index in [1.54, 1.807) is 56.4 Å². The smallest absolute Gasteiger partial charge is 0.409 e. The number of hydrogen-bond acceptors (Lipinski definition) is 10. The van der Waals surface area contributed by atoms with Crippen LogP contribution < -0.4 is 20.7 Å². The molecule has 4 N–H and O–H groups in total. The first kappa shape index (κ1) is 38.6. The maximum atomic E-state index is 14.1. The van der Waals surface area contributed by atoms with Crippen LogP contribution in [0.3, 0.4) is 0 Å². The largest absolute Gasteiger partial charge is 0.495 e. The molecule has 3 aliphatic heterocycles. The van der Waals surface area contributed by atoms with Crippen molar-refractivity contribution >= 4 is 46.9 Å². The Balaban J connectivity index is 1.49. The highest BCUT2D eigenvalue weighted by molar-refractivity contribution is 6.35. The summed E-state index contributed by atoms with van der Waals surface area (Å²) in [5.41, 5.74) is 6.01. The number of amides is 3. The summed E-state index contributed by atoms with van der Waals surface area (Å²) in [6.45, 7) is 7.01. The Kier molecular flexibility index (Phi) is 11.3. The SMILES string of the molecule is COc1cc2cc(c1Cl)N(C)C(=O)C[C@H](OC(=O)[C@H](C)N(C)C(=O)c1ccc(N)cc1)[C@]1(C)OC1[C@H](C)C1C[C@](O)(C/C=C/C=C(\C)C2)NC(=O)O1. The summed E-state index contributed by atoms with van der Waals surface area (Å²) < 4.78 is 23.5. The summed E-state index contributed by atoms with van der Waals surface area (Å²) in [6, 6.07) is 8.87. The summed E-state index contributed by atoms with van der Waals surface area (Å²) in [4.78, 5) is 56.4. The summed E-state index contributed by atoms with van der Waals surface area (Å²) in [6.07, 6.45) is 2.55. The maximum Gasteiger partial charge on any atom is 0.409 e. The summed E-state index contributed by atoms with van der Waals surface area (Å²) in [7, 11) is 4.55. The zero-order valence-corrected chi connectivity index (χ0v) is 31.2. The highest BCUT2D eigenvalue weighted by atomic mass is 35.5. The van der Waals surface area contributed by atoms with Crippen molar-refractivity contribution in [3.63, 3.8) is 0 Å². The number of aliphatic hydroxyl groups is 1. The van der Waals surface area contributed by atoms with Gasteiger partial charge in [-0.1, -0.05) is 42.3 Å². The highest BCUT2D eigenvalue weighted by Gasteiger charge is 2.64. The van der Waals surface area contributed by atoms with E-state index >= 15 is 0 Å². The third kappa shape index (κ3) is 8.22. The Labute approximate surface area is 308 Å². The zero-order chi connectivity index (χ0) is 38.1. The number of anilines is 2. The van der Waals surface area contributed by atoms with Crippen LogP contribution in [0.2, 0.25) is 5.02 Å². The van der Waals surface area contributed by atoms with Gasteiger partial charge in [0.2, 0.25) is 5.91 Å². The first-order chi connectivity index (χ1) is 24.5. The van der Waals surface area contributed by atoms with Crippen LogP contribution in [0.1, 0.15) is 62.9 Å². The minimum atomic E-state index is -1.58. The van der Waals surface area contributed by atoms with Crippen molar-refractivity contribution in [1.29, 1.82) is 0 Å². The number of hydrogen-bond donors (Lipinski definition) is 3. The number of nitrogen functional groups attached to an aromatic ring is 1. The molecule has 2 fully saturated rings. The Hall–Kier alpha value is -4.59. The van der Waals surface area contributed by atoms with E-state index in [-0.39, 0.29) is 24.3 Å². The highest BCUT2D eigenvalue weighted by Crippen LogP contribution is 2.49. The number of esters is 1. The van der Waals surface area contributed by atoms with Gasteiger partial charge in [-0.15, -0.1) is 0 Å². The second-order valence-corrected chi connectivity index (χ2v) is 14.5. The average molecular weight is 739 g/mol. The molecule has 52 heavy (non-hydrogen) atoms. The monoisotopic (exact) mass is 738 g/mol. The molecule has 280 valence electrons. The molecule has 2 unspecified atom stereocenters. The second kappa shape index (κ2) is 15.2. The number of likely N-dealkylation sites (N-methyl/N-ethyl adjacent to an activating group) is 1. The molecule has 0 radical (unpaired) electrons. The van der Waals surface area contributed by atoms with Crippen LogP contribution in [0.15, 0.2) is 60.2 Å². The molecule has 2 aromatic rings. The molecule has 0 spiro atoms. The molecule has 7 atom stereocenters. The number of carbonyl (C=O) groups excluding carboxylic acids is 4. The molecule has 3 amide bonds. The third-order valence-corrected chi connectivity index (χ3v) is 10.6. The number of epoxide rings is 1. The molecule has 3 heterocycles. The number of allylic oxidation sites excluding steroid dienone is 3. The average Bonchev–Trinajstić information content (AvgIpc) is 3.80. The van der Waals surface area contributed by atoms with Crippen molar-refractivity contribution in [2.24, 2.45) is 5.92 Å². The Morgan fingerprint density at radius 3 is 2.58 bits per heavy atom. The van der Waals surface area contributed by atoms with Crippen molar-refractivity contribution < 1.29 is 43.2 Å². The van der Waals surface area contributed by atoms with E-state index in [9.17, 15) is 24.3 Å². The van der Waals surface area contributed by atoms with Crippen LogP contribution in [0.4, 0.5) is 16.2 Å². The molecule has 14 heteroatoms. The van der Waals surface area contributed by atoms with E-state index in [4.69, 9.17) is 36.3 Å². The fourth-order valence-corrected chi connectivity index (χ4v) is 7.05. The van der Waals surface area contributed by atoms with Gasteiger partial charge < -0.3 is 39.6 Å². The van der Waals surface area contributed by atoms with Crippen molar-refractivity contribution in [3.8, 4) is 5.75 Å². The van der Waals surface area contributed by atoms with E-state index < -0.39 is 65.5 Å². The molecule has 5 rings (SSSR count). The molecule has 3 aliphatic rings. The molecule has 2 aromatic carbocycles. The lowest BCUT2D eigenvalue weighted by atomic mass is 9.84. The number of alkyl carbamates (subject to hydrolysis) is 1. The molecular weight excluding hydrogens is 692 g/mol. The van der Waals surface area contributed by atoms with Gasteiger partial charge >= 0.3 is 12.1 Å². The summed E-state index contributed by atoms with van der Waals surface area (Å²) in [5.74, 6) is -1.72. The molecule has 4 bridgehead atoms. The van der Waals surface area contributed by atoms with E-state index in [1.807, 2.05) is 26.0 Å². The van der Waals surface area contributed by atoms with E-state index in [1.165, 1.54) is 30.9 Å². The molecule has 0 aliphatic carbocycles. The van der Waals surface area contributed by atoms with Gasteiger partial charge in [-0.25, -0.2) is 9.59 Å². The normalized spacial score (nSPS) is 30.0. The quantitative estimate of drug-likeness (QED) is 0.220. The van der Waals surface area contributed by atoms with E-state index in [2.05, 4.69) is 5.32 Å². The number of ether oxygens (including phenoxy) is 4. The van der Waals surface area contributed by atoms with Gasteiger partial charge in [0, 0.05) is 44.1 Å². The number of nitrogens with one attached hydrogen (secondary N) is 1. The number of nitrogens with two attached hydrogens (primary N) is 1. The number of rotatable bonds is 5. The lowest BCUT2D eigenvalue weighted by Gasteiger charge is -2.39. The summed E-state index contributed by atoms with van der Waals surface area (Å²) >= 11 is 6.74. The van der Waals surface area contributed by atoms with Gasteiger partial charge in [-0.3, -0.25) is 14.9 Å². The van der Waals surface area contributed by atoms with Crippen molar-refractivity contribution in [3.05, 3.63) is 76.3 Å². The Morgan fingerprint density at radius 1 is 1.21 bits per heavy atom. The van der Waals surface area contributed by atoms with Crippen LogP contribution in [0.25, 0.3) is 0 Å². The third-order valence-electron chi connectivity index (χ3n) is 10.2. The van der Waals surface area contributed by atoms with Crippen LogP contribution in [-0.2, 0) is 30.2 Å². The Bertz CT molecular complexity index is 1780. The fourth-order valence-electron chi connectivity index (χ4n) is 6.74. The first-order valence-electron chi connectivity index (χ1n) is 17.1. The standard InChI is InChI=1S/C38H47ClN4O9/c1-21-10-8-9-15-38(48)20-29(50-36(47)41-38)22(2)33-37(4,52-33)30(19-31(44)43(6)27-17-24(16-21)18-28(49-7)32(27)39)51-35(46)23(3)42(5)34(45)25-11-13-26(40)14-12-25/h8-14,17-18,22-23,29-30,33,48H,15-16,19-20,40H2,1-7H3,(H,41,47)/b9-8+,21-10+/t22-,23+,29?,30+,33?,37+,38-/m1/s1. The van der Waals surface area contributed by atoms with Crippen LogP contribution in [0.5, 0.6) is 5.75 Å². The number of carbonyl (C=O) groups is 4. The van der Waals surface area contributed by atoms with Gasteiger partial charge in [0.25, 0.3) is 5.91 Å². The number of nitrogens with zero attached hydrogens (tertiary/aromatic N) is 2. The zero-order valence-electron chi connectivity index (χ0n) is 30.5. The predicted molar refractivity (Wildman–Crippen MR) is 195 cm³/mol. The van der Waals surface area contributed by atoms with Crippen molar-refractivity contribution in [2.75, 3.05) is 31.8 Å². The minimum absolute atomic E-state index is 0.0637.